The molecule has 1 fully saturated rings. The highest BCUT2D eigenvalue weighted by Crippen LogP contribution is 2.36. The zero-order valence-corrected chi connectivity index (χ0v) is 13.8. The molecule has 0 aromatic heterocycles. The van der Waals surface area contributed by atoms with Crippen LogP contribution in [-0.2, 0) is 0 Å². The van der Waals surface area contributed by atoms with Crippen LogP contribution < -0.4 is 5.32 Å². The van der Waals surface area contributed by atoms with Gasteiger partial charge < -0.3 is 10.4 Å². The van der Waals surface area contributed by atoms with E-state index in [2.05, 4.69) is 12.2 Å². The average Bonchev–Trinajstić information content (AvgIpc) is 2.45. The van der Waals surface area contributed by atoms with Gasteiger partial charge in [0.25, 0.3) is 0 Å². The lowest BCUT2D eigenvalue weighted by molar-refractivity contribution is 0.147. The average molecular weight is 337 g/mol. The van der Waals surface area contributed by atoms with Crippen molar-refractivity contribution in [2.24, 2.45) is 5.92 Å². The van der Waals surface area contributed by atoms with Crippen molar-refractivity contribution in [2.75, 3.05) is 6.61 Å². The molecule has 2 rings (SSSR count). The summed E-state index contributed by atoms with van der Waals surface area (Å²) in [6, 6.07) is 4.09. The summed E-state index contributed by atoms with van der Waals surface area (Å²) in [7, 11) is 0. The van der Waals surface area contributed by atoms with E-state index in [9.17, 15) is 5.11 Å². The zero-order chi connectivity index (χ0) is 14.7. The molecular weight excluding hydrogens is 317 g/mol. The van der Waals surface area contributed by atoms with Crippen molar-refractivity contribution in [3.8, 4) is 0 Å². The van der Waals surface area contributed by atoms with Crippen molar-refractivity contribution < 1.29 is 5.11 Å². The van der Waals surface area contributed by atoms with Gasteiger partial charge in [0, 0.05) is 18.7 Å². The lowest BCUT2D eigenvalue weighted by Gasteiger charge is -2.33. The third-order valence-electron chi connectivity index (χ3n) is 4.14. The molecule has 0 heterocycles. The maximum Gasteiger partial charge on any atom is 0.0781 e. The highest BCUT2D eigenvalue weighted by Gasteiger charge is 2.26. The van der Waals surface area contributed by atoms with Crippen molar-refractivity contribution in [3.05, 3.63) is 32.8 Å². The third kappa shape index (κ3) is 3.61. The zero-order valence-electron chi connectivity index (χ0n) is 11.5. The molecule has 3 atom stereocenters. The van der Waals surface area contributed by atoms with Crippen LogP contribution in [0.5, 0.6) is 0 Å². The highest BCUT2D eigenvalue weighted by atomic mass is 35.5. The van der Waals surface area contributed by atoms with Crippen molar-refractivity contribution in [2.45, 2.75) is 44.7 Å². The molecule has 0 amide bonds. The number of nitrogens with one attached hydrogen (secondary N) is 1. The predicted octanol–water partition coefficient (Wildman–Crippen LogP) is 4.85. The number of aliphatic hydroxyl groups excluding tert-OH is 1. The first-order chi connectivity index (χ1) is 9.54. The summed E-state index contributed by atoms with van der Waals surface area (Å²) < 4.78 is 0. The number of halogens is 3. The van der Waals surface area contributed by atoms with Gasteiger partial charge in [-0.2, -0.15) is 0 Å². The van der Waals surface area contributed by atoms with Crippen molar-refractivity contribution in [3.63, 3.8) is 0 Å². The van der Waals surface area contributed by atoms with E-state index in [4.69, 9.17) is 34.8 Å². The molecule has 5 heteroatoms. The second-order valence-electron chi connectivity index (χ2n) is 5.49. The first kappa shape index (κ1) is 16.4. The quantitative estimate of drug-likeness (QED) is 0.770. The molecule has 3 unspecified atom stereocenters. The molecule has 0 bridgehead atoms. The van der Waals surface area contributed by atoms with E-state index in [0.29, 0.717) is 27.0 Å². The molecule has 1 aliphatic rings. The summed E-state index contributed by atoms with van der Waals surface area (Å²) in [6.07, 6.45) is 4.58. The van der Waals surface area contributed by atoms with E-state index in [0.717, 1.165) is 18.4 Å². The van der Waals surface area contributed by atoms with E-state index in [1.54, 1.807) is 6.07 Å². The van der Waals surface area contributed by atoms with Crippen LogP contribution in [0.1, 0.15) is 44.2 Å². The van der Waals surface area contributed by atoms with Gasteiger partial charge >= 0.3 is 0 Å². The van der Waals surface area contributed by atoms with Gasteiger partial charge in [0.05, 0.1) is 15.1 Å². The number of hydrogen-bond acceptors (Lipinski definition) is 2. The van der Waals surface area contributed by atoms with E-state index in [1.807, 2.05) is 6.07 Å². The molecular formula is C15H20Cl3NO. The molecule has 1 aliphatic carbocycles. The summed E-state index contributed by atoms with van der Waals surface area (Å²) >= 11 is 18.3. The molecule has 0 radical (unpaired) electrons. The molecule has 2 nitrogen and oxygen atoms in total. The number of rotatable bonds is 4. The molecule has 0 spiro atoms. The van der Waals surface area contributed by atoms with E-state index >= 15 is 0 Å². The molecule has 2 N–H and O–H groups in total. The van der Waals surface area contributed by atoms with Gasteiger partial charge in [-0.25, -0.2) is 0 Å². The standard InChI is InChI=1S/C15H20Cl3NO/c1-9(11-6-7-12(16)15(18)14(11)17)19-13-5-3-2-4-10(13)8-20/h6-7,9-10,13,19-20H,2-5,8H2,1H3. The van der Waals surface area contributed by atoms with Crippen molar-refractivity contribution in [1.29, 1.82) is 0 Å². The van der Waals surface area contributed by atoms with Crippen LogP contribution in [0.15, 0.2) is 12.1 Å². The Bertz CT molecular complexity index is 467. The SMILES string of the molecule is CC(NC1CCCCC1CO)c1ccc(Cl)c(Cl)c1Cl. The summed E-state index contributed by atoms with van der Waals surface area (Å²) in [5, 5.41) is 14.4. The van der Waals surface area contributed by atoms with Gasteiger partial charge in [0.2, 0.25) is 0 Å². The Morgan fingerprint density at radius 2 is 1.90 bits per heavy atom. The monoisotopic (exact) mass is 335 g/mol. The van der Waals surface area contributed by atoms with Crippen LogP contribution in [0.3, 0.4) is 0 Å². The van der Waals surface area contributed by atoms with Crippen LogP contribution in [0, 0.1) is 5.92 Å². The minimum absolute atomic E-state index is 0.0782. The van der Waals surface area contributed by atoms with Gasteiger partial charge in [0.1, 0.15) is 0 Å². The van der Waals surface area contributed by atoms with Gasteiger partial charge in [-0.05, 0) is 37.3 Å². The summed E-state index contributed by atoms with van der Waals surface area (Å²) in [5.41, 5.74) is 0.948. The molecule has 0 aliphatic heterocycles. The Morgan fingerprint density at radius 1 is 1.20 bits per heavy atom. The Hall–Kier alpha value is 0.01000. The topological polar surface area (TPSA) is 32.3 Å². The van der Waals surface area contributed by atoms with Gasteiger partial charge in [-0.15, -0.1) is 0 Å². The maximum absolute atomic E-state index is 9.48. The number of aliphatic hydroxyl groups is 1. The van der Waals surface area contributed by atoms with Gasteiger partial charge in [-0.1, -0.05) is 53.7 Å². The van der Waals surface area contributed by atoms with Crippen LogP contribution in [0.2, 0.25) is 15.1 Å². The normalized spacial score (nSPS) is 24.6. The predicted molar refractivity (Wildman–Crippen MR) is 85.9 cm³/mol. The minimum Gasteiger partial charge on any atom is -0.396 e. The fraction of sp³-hybridized carbons (Fsp3) is 0.600. The Balaban J connectivity index is 2.11. The van der Waals surface area contributed by atoms with Crippen LogP contribution >= 0.6 is 34.8 Å². The lowest BCUT2D eigenvalue weighted by atomic mass is 9.84. The highest BCUT2D eigenvalue weighted by molar-refractivity contribution is 6.48. The second kappa shape index (κ2) is 7.33. The molecule has 20 heavy (non-hydrogen) atoms. The Kier molecular flexibility index (Phi) is 6.00. The van der Waals surface area contributed by atoms with E-state index in [-0.39, 0.29) is 12.6 Å². The van der Waals surface area contributed by atoms with Crippen LogP contribution in [0.25, 0.3) is 0 Å². The first-order valence-electron chi connectivity index (χ1n) is 7.05. The molecule has 0 saturated heterocycles. The fourth-order valence-electron chi connectivity index (χ4n) is 2.93. The molecule has 1 aromatic carbocycles. The molecule has 112 valence electrons. The fourth-order valence-corrected chi connectivity index (χ4v) is 3.64. The van der Waals surface area contributed by atoms with Gasteiger partial charge in [-0.3, -0.25) is 0 Å². The largest absolute Gasteiger partial charge is 0.396 e. The van der Waals surface area contributed by atoms with Crippen LogP contribution in [-0.4, -0.2) is 17.8 Å². The van der Waals surface area contributed by atoms with E-state index < -0.39 is 0 Å². The summed E-state index contributed by atoms with van der Waals surface area (Å²) in [5.74, 6) is 0.327. The third-order valence-corrected chi connectivity index (χ3v) is 5.45. The Morgan fingerprint density at radius 3 is 2.60 bits per heavy atom. The van der Waals surface area contributed by atoms with Crippen molar-refractivity contribution >= 4 is 34.8 Å². The molecule has 1 aromatic rings. The molecule has 1 saturated carbocycles. The lowest BCUT2D eigenvalue weighted by Crippen LogP contribution is -2.41. The number of hydrogen-bond donors (Lipinski definition) is 2. The smallest absolute Gasteiger partial charge is 0.0781 e. The summed E-state index contributed by atoms with van der Waals surface area (Å²) in [4.78, 5) is 0. The van der Waals surface area contributed by atoms with Gasteiger partial charge in [0.15, 0.2) is 0 Å². The first-order valence-corrected chi connectivity index (χ1v) is 8.18. The Labute approximate surface area is 135 Å². The van der Waals surface area contributed by atoms with Crippen LogP contribution in [0.4, 0.5) is 0 Å². The summed E-state index contributed by atoms with van der Waals surface area (Å²) in [6.45, 7) is 2.30. The second-order valence-corrected chi connectivity index (χ2v) is 6.65. The minimum atomic E-state index is 0.0782. The maximum atomic E-state index is 9.48. The van der Waals surface area contributed by atoms with E-state index in [1.165, 1.54) is 12.8 Å². The number of benzene rings is 1. The van der Waals surface area contributed by atoms with Crippen molar-refractivity contribution in [1.82, 2.24) is 5.32 Å².